The normalized spacial score (nSPS) is 19.7. The first-order valence-electron chi connectivity index (χ1n) is 8.80. The maximum absolute atomic E-state index is 12.3. The van der Waals surface area contributed by atoms with Gasteiger partial charge in [-0.3, -0.25) is 4.68 Å². The number of aryl methyl sites for hydroxylation is 1. The van der Waals surface area contributed by atoms with Gasteiger partial charge in [-0.05, 0) is 31.0 Å². The Morgan fingerprint density at radius 2 is 2.19 bits per heavy atom. The zero-order valence-corrected chi connectivity index (χ0v) is 15.4. The van der Waals surface area contributed by atoms with Crippen molar-refractivity contribution in [2.24, 2.45) is 7.05 Å². The van der Waals surface area contributed by atoms with E-state index in [0.29, 0.717) is 5.56 Å². The van der Waals surface area contributed by atoms with E-state index in [1.807, 2.05) is 37.5 Å². The lowest BCUT2D eigenvalue weighted by atomic mass is 10.1. The van der Waals surface area contributed by atoms with E-state index in [1.54, 1.807) is 22.5 Å². The topological polar surface area (TPSA) is 95.1 Å². The molecule has 1 aliphatic carbocycles. The Morgan fingerprint density at radius 1 is 1.37 bits per heavy atom. The standard InChI is InChI=1S/C19H21N5O3/c1-11(25)12-5-4-6-13(7-12)24-18(16(9-20-24)19(26)27-3)15-8-14(15)17-10-23(2)22-21-17/h4-7,9-11,14-15,25H,8H2,1-3H3. The molecule has 2 heterocycles. The Morgan fingerprint density at radius 3 is 2.85 bits per heavy atom. The maximum atomic E-state index is 12.3. The number of carbonyl (C=O) groups is 1. The average molecular weight is 367 g/mol. The Hall–Kier alpha value is -3.00. The largest absolute Gasteiger partial charge is 0.465 e. The van der Waals surface area contributed by atoms with Crippen molar-refractivity contribution in [1.29, 1.82) is 0 Å². The van der Waals surface area contributed by atoms with Crippen LogP contribution < -0.4 is 0 Å². The molecule has 8 heteroatoms. The predicted molar refractivity (Wildman–Crippen MR) is 96.6 cm³/mol. The number of rotatable bonds is 5. The molecule has 0 spiro atoms. The van der Waals surface area contributed by atoms with Crippen LogP contribution in [0.15, 0.2) is 36.7 Å². The molecule has 1 aromatic carbocycles. The van der Waals surface area contributed by atoms with Gasteiger partial charge in [-0.1, -0.05) is 17.3 Å². The Bertz CT molecular complexity index is 991. The summed E-state index contributed by atoms with van der Waals surface area (Å²) in [7, 11) is 3.20. The Kier molecular flexibility index (Phi) is 4.27. The molecule has 2 aromatic heterocycles. The molecule has 27 heavy (non-hydrogen) atoms. The molecule has 0 amide bonds. The molecule has 0 aliphatic heterocycles. The van der Waals surface area contributed by atoms with E-state index >= 15 is 0 Å². The minimum absolute atomic E-state index is 0.105. The first-order valence-corrected chi connectivity index (χ1v) is 8.80. The molecule has 140 valence electrons. The summed E-state index contributed by atoms with van der Waals surface area (Å²) in [4.78, 5) is 12.3. The van der Waals surface area contributed by atoms with Gasteiger partial charge in [0.05, 0.1) is 36.5 Å². The molecule has 1 N–H and O–H groups in total. The summed E-state index contributed by atoms with van der Waals surface area (Å²) < 4.78 is 8.39. The molecule has 1 fully saturated rings. The predicted octanol–water partition coefficient (Wildman–Crippen LogP) is 2.11. The summed E-state index contributed by atoms with van der Waals surface area (Å²) in [6.45, 7) is 1.72. The van der Waals surface area contributed by atoms with Crippen LogP contribution in [0.1, 0.15) is 58.6 Å². The molecule has 4 rings (SSSR count). The van der Waals surface area contributed by atoms with Crippen molar-refractivity contribution >= 4 is 5.97 Å². The van der Waals surface area contributed by atoms with Gasteiger partial charge in [0.15, 0.2) is 0 Å². The third kappa shape index (κ3) is 3.12. The van der Waals surface area contributed by atoms with E-state index in [2.05, 4.69) is 15.4 Å². The third-order valence-corrected chi connectivity index (χ3v) is 4.95. The summed E-state index contributed by atoms with van der Waals surface area (Å²) in [6.07, 6.45) is 3.72. The summed E-state index contributed by atoms with van der Waals surface area (Å²) in [5.41, 5.74) is 3.75. The summed E-state index contributed by atoms with van der Waals surface area (Å²) in [5.74, 6) is -0.112. The molecule has 1 aliphatic rings. The first-order chi connectivity index (χ1) is 13.0. The van der Waals surface area contributed by atoms with E-state index < -0.39 is 12.1 Å². The van der Waals surface area contributed by atoms with Gasteiger partial charge in [0, 0.05) is 25.1 Å². The van der Waals surface area contributed by atoms with Crippen LogP contribution in [0.3, 0.4) is 0 Å². The van der Waals surface area contributed by atoms with Gasteiger partial charge in [-0.15, -0.1) is 5.10 Å². The highest BCUT2D eigenvalue weighted by Gasteiger charge is 2.46. The molecule has 1 saturated carbocycles. The fourth-order valence-electron chi connectivity index (χ4n) is 3.46. The van der Waals surface area contributed by atoms with Gasteiger partial charge >= 0.3 is 5.97 Å². The van der Waals surface area contributed by atoms with E-state index in [4.69, 9.17) is 4.74 Å². The second-order valence-electron chi connectivity index (χ2n) is 6.88. The quantitative estimate of drug-likeness (QED) is 0.694. The molecule has 8 nitrogen and oxygen atoms in total. The molecule has 3 aromatic rings. The average Bonchev–Trinajstić information content (AvgIpc) is 3.12. The third-order valence-electron chi connectivity index (χ3n) is 4.95. The number of aliphatic hydroxyl groups excluding tert-OH is 1. The SMILES string of the molecule is COC(=O)c1cnn(-c2cccc(C(C)O)c2)c1C1CC1c1cn(C)nn1. The lowest BCUT2D eigenvalue weighted by Crippen LogP contribution is -2.08. The van der Waals surface area contributed by atoms with Crippen molar-refractivity contribution in [2.45, 2.75) is 31.3 Å². The monoisotopic (exact) mass is 367 g/mol. The van der Waals surface area contributed by atoms with Crippen LogP contribution in [0, 0.1) is 0 Å². The van der Waals surface area contributed by atoms with Gasteiger partial charge in [-0.2, -0.15) is 5.10 Å². The van der Waals surface area contributed by atoms with Crippen molar-refractivity contribution in [3.8, 4) is 5.69 Å². The first kappa shape index (κ1) is 17.4. The van der Waals surface area contributed by atoms with Gasteiger partial charge in [0.1, 0.15) is 5.56 Å². The van der Waals surface area contributed by atoms with Crippen LogP contribution in [-0.2, 0) is 11.8 Å². The lowest BCUT2D eigenvalue weighted by Gasteiger charge is -2.11. The van der Waals surface area contributed by atoms with Crippen LogP contribution in [-0.4, -0.2) is 43.0 Å². The van der Waals surface area contributed by atoms with Gasteiger partial charge < -0.3 is 9.84 Å². The minimum Gasteiger partial charge on any atom is -0.465 e. The van der Waals surface area contributed by atoms with E-state index in [0.717, 1.165) is 29.1 Å². The fourth-order valence-corrected chi connectivity index (χ4v) is 3.46. The van der Waals surface area contributed by atoms with Gasteiger partial charge in [0.25, 0.3) is 0 Å². The Balaban J connectivity index is 1.77. The summed E-state index contributed by atoms with van der Waals surface area (Å²) in [5, 5.41) is 22.5. The zero-order valence-electron chi connectivity index (χ0n) is 15.4. The number of benzene rings is 1. The highest BCUT2D eigenvalue weighted by molar-refractivity contribution is 5.91. The number of aromatic nitrogens is 5. The summed E-state index contributed by atoms with van der Waals surface area (Å²) >= 11 is 0. The number of esters is 1. The van der Waals surface area contributed by atoms with E-state index in [1.165, 1.54) is 7.11 Å². The second-order valence-corrected chi connectivity index (χ2v) is 6.88. The number of methoxy groups -OCH3 is 1. The van der Waals surface area contributed by atoms with Crippen molar-refractivity contribution in [3.63, 3.8) is 0 Å². The van der Waals surface area contributed by atoms with Crippen LogP contribution >= 0.6 is 0 Å². The fraction of sp³-hybridized carbons (Fsp3) is 0.368. The highest BCUT2D eigenvalue weighted by Crippen LogP contribution is 2.55. The van der Waals surface area contributed by atoms with Crippen molar-refractivity contribution in [3.05, 3.63) is 59.2 Å². The maximum Gasteiger partial charge on any atom is 0.341 e. The molecular formula is C19H21N5O3. The number of hydrogen-bond acceptors (Lipinski definition) is 6. The molecule has 0 bridgehead atoms. The smallest absolute Gasteiger partial charge is 0.341 e. The van der Waals surface area contributed by atoms with E-state index in [9.17, 15) is 9.90 Å². The minimum atomic E-state index is -0.586. The molecule has 3 atom stereocenters. The van der Waals surface area contributed by atoms with Gasteiger partial charge in [0.2, 0.25) is 0 Å². The number of ether oxygens (including phenoxy) is 1. The van der Waals surface area contributed by atoms with Crippen molar-refractivity contribution < 1.29 is 14.6 Å². The zero-order chi connectivity index (χ0) is 19.1. The number of aliphatic hydroxyl groups is 1. The number of carbonyl (C=O) groups excluding carboxylic acids is 1. The molecular weight excluding hydrogens is 346 g/mol. The van der Waals surface area contributed by atoms with Crippen molar-refractivity contribution in [2.75, 3.05) is 7.11 Å². The van der Waals surface area contributed by atoms with Crippen LogP contribution in [0.5, 0.6) is 0 Å². The molecule has 0 saturated heterocycles. The van der Waals surface area contributed by atoms with Gasteiger partial charge in [-0.25, -0.2) is 9.48 Å². The lowest BCUT2D eigenvalue weighted by molar-refractivity contribution is 0.0599. The van der Waals surface area contributed by atoms with Crippen LogP contribution in [0.25, 0.3) is 5.69 Å². The second kappa shape index (κ2) is 6.62. The summed E-state index contributed by atoms with van der Waals surface area (Å²) in [6, 6.07) is 7.51. The highest BCUT2D eigenvalue weighted by atomic mass is 16.5. The van der Waals surface area contributed by atoms with E-state index in [-0.39, 0.29) is 11.8 Å². The van der Waals surface area contributed by atoms with Crippen LogP contribution in [0.2, 0.25) is 0 Å². The van der Waals surface area contributed by atoms with Crippen molar-refractivity contribution in [1.82, 2.24) is 24.8 Å². The number of hydrogen-bond donors (Lipinski definition) is 1. The Labute approximate surface area is 156 Å². The molecule has 3 unspecified atom stereocenters. The molecule has 0 radical (unpaired) electrons. The van der Waals surface area contributed by atoms with Crippen LogP contribution in [0.4, 0.5) is 0 Å². The number of nitrogens with zero attached hydrogens (tertiary/aromatic N) is 5.